The molecule has 3 aromatic rings. The van der Waals surface area contributed by atoms with E-state index in [0.717, 1.165) is 35.3 Å². The quantitative estimate of drug-likeness (QED) is 0.735. The smallest absolute Gasteiger partial charge is 0.245 e. The number of aromatic nitrogens is 6. The molecular formula is C15H18N8O. The lowest BCUT2D eigenvalue weighted by atomic mass is 10.2. The van der Waals surface area contributed by atoms with Crippen molar-refractivity contribution in [3.8, 4) is 0 Å². The molecule has 2 aromatic heterocycles. The van der Waals surface area contributed by atoms with Gasteiger partial charge in [-0.25, -0.2) is 9.67 Å². The van der Waals surface area contributed by atoms with Crippen LogP contribution in [-0.2, 0) is 11.3 Å². The average molecular weight is 326 g/mol. The lowest BCUT2D eigenvalue weighted by Crippen LogP contribution is -2.34. The highest BCUT2D eigenvalue weighted by molar-refractivity contribution is 5.79. The topological polar surface area (TPSA) is 119 Å². The molecule has 3 N–H and O–H groups in total. The third-order valence-electron chi connectivity index (χ3n) is 4.47. The van der Waals surface area contributed by atoms with Crippen LogP contribution < -0.4 is 5.73 Å². The van der Waals surface area contributed by atoms with Gasteiger partial charge in [-0.3, -0.25) is 4.79 Å². The van der Waals surface area contributed by atoms with Gasteiger partial charge < -0.3 is 15.6 Å². The van der Waals surface area contributed by atoms with Gasteiger partial charge in [0.05, 0.1) is 17.1 Å². The second-order valence-electron chi connectivity index (χ2n) is 6.03. The molecule has 24 heavy (non-hydrogen) atoms. The van der Waals surface area contributed by atoms with Gasteiger partial charge in [0.1, 0.15) is 12.4 Å². The average Bonchev–Trinajstić information content (AvgIpc) is 3.27. The fraction of sp³-hybridized carbons (Fsp3) is 0.400. The third kappa shape index (κ3) is 2.38. The Hall–Kier alpha value is -2.97. The van der Waals surface area contributed by atoms with Crippen LogP contribution in [0.3, 0.4) is 0 Å². The first-order valence-electron chi connectivity index (χ1n) is 7.90. The van der Waals surface area contributed by atoms with Crippen LogP contribution in [-0.4, -0.2) is 47.5 Å². The Morgan fingerprint density at radius 2 is 2.33 bits per heavy atom. The molecule has 1 aromatic carbocycles. The molecule has 1 amide bonds. The number of anilines is 1. The van der Waals surface area contributed by atoms with E-state index in [1.807, 2.05) is 30.0 Å². The molecule has 1 unspecified atom stereocenters. The number of rotatable bonds is 3. The highest BCUT2D eigenvalue weighted by atomic mass is 16.2. The molecule has 0 aliphatic carbocycles. The minimum absolute atomic E-state index is 0.0363. The number of nitrogen functional groups attached to an aromatic ring is 1. The molecule has 3 heterocycles. The van der Waals surface area contributed by atoms with Crippen molar-refractivity contribution in [2.75, 3.05) is 12.3 Å². The van der Waals surface area contributed by atoms with Crippen LogP contribution in [0.25, 0.3) is 11.0 Å². The predicted molar refractivity (Wildman–Crippen MR) is 86.7 cm³/mol. The Kier molecular flexibility index (Phi) is 3.40. The monoisotopic (exact) mass is 326 g/mol. The molecule has 1 saturated heterocycles. The maximum absolute atomic E-state index is 12.6. The lowest BCUT2D eigenvalue weighted by molar-refractivity contribution is -0.133. The number of aromatic amines is 1. The van der Waals surface area contributed by atoms with Gasteiger partial charge in [-0.15, -0.1) is 0 Å². The zero-order valence-electron chi connectivity index (χ0n) is 13.3. The molecule has 1 aliphatic rings. The number of likely N-dealkylation sites (tertiary alicyclic amines) is 1. The van der Waals surface area contributed by atoms with Crippen LogP contribution in [0.1, 0.15) is 30.3 Å². The van der Waals surface area contributed by atoms with E-state index < -0.39 is 0 Å². The summed E-state index contributed by atoms with van der Waals surface area (Å²) in [6.45, 7) is 2.77. The molecule has 0 spiro atoms. The maximum Gasteiger partial charge on any atom is 0.245 e. The molecule has 9 heteroatoms. The molecule has 1 aliphatic heterocycles. The minimum atomic E-state index is -0.0614. The number of carbonyl (C=O) groups excluding carboxylic acids is 1. The lowest BCUT2D eigenvalue weighted by Gasteiger charge is -2.23. The van der Waals surface area contributed by atoms with Crippen molar-refractivity contribution in [3.05, 3.63) is 29.6 Å². The van der Waals surface area contributed by atoms with Crippen LogP contribution in [0.4, 0.5) is 5.95 Å². The number of carbonyl (C=O) groups is 1. The first-order valence-corrected chi connectivity index (χ1v) is 7.90. The number of imidazole rings is 1. The third-order valence-corrected chi connectivity index (χ3v) is 4.47. The van der Waals surface area contributed by atoms with E-state index >= 15 is 0 Å². The molecule has 1 fully saturated rings. The van der Waals surface area contributed by atoms with Crippen LogP contribution in [0.15, 0.2) is 18.2 Å². The second-order valence-corrected chi connectivity index (χ2v) is 6.03. The summed E-state index contributed by atoms with van der Waals surface area (Å²) >= 11 is 0. The van der Waals surface area contributed by atoms with Gasteiger partial charge in [0.2, 0.25) is 11.9 Å². The number of nitrogens with zero attached hydrogens (tertiary/aromatic N) is 6. The van der Waals surface area contributed by atoms with Crippen molar-refractivity contribution in [1.82, 2.24) is 35.1 Å². The van der Waals surface area contributed by atoms with Gasteiger partial charge in [-0.05, 0) is 41.8 Å². The number of fused-ring (bicyclic) bond motifs is 1. The number of nitrogens with one attached hydrogen (secondary N) is 1. The highest BCUT2D eigenvalue weighted by Crippen LogP contribution is 2.32. The van der Waals surface area contributed by atoms with Gasteiger partial charge in [0.25, 0.3) is 0 Å². The van der Waals surface area contributed by atoms with Gasteiger partial charge in [-0.2, -0.15) is 0 Å². The molecule has 9 nitrogen and oxygen atoms in total. The SMILES string of the molecule is Cc1cccc2[nH]c(C3CCCN3C(=O)Cn3nnnc3N)nc12. The summed E-state index contributed by atoms with van der Waals surface area (Å²) in [4.78, 5) is 22.5. The Bertz CT molecular complexity index is 898. The molecule has 124 valence electrons. The molecule has 0 radical (unpaired) electrons. The van der Waals surface area contributed by atoms with E-state index in [4.69, 9.17) is 10.7 Å². The summed E-state index contributed by atoms with van der Waals surface area (Å²) in [6.07, 6.45) is 1.83. The zero-order valence-corrected chi connectivity index (χ0v) is 13.3. The van der Waals surface area contributed by atoms with E-state index in [1.54, 1.807) is 0 Å². The van der Waals surface area contributed by atoms with Gasteiger partial charge >= 0.3 is 0 Å². The van der Waals surface area contributed by atoms with Crippen molar-refractivity contribution in [2.24, 2.45) is 0 Å². The number of aryl methyl sites for hydroxylation is 1. The van der Waals surface area contributed by atoms with Crippen LogP contribution in [0.5, 0.6) is 0 Å². The van der Waals surface area contributed by atoms with Gasteiger partial charge in [0.15, 0.2) is 0 Å². The molecule has 0 bridgehead atoms. The maximum atomic E-state index is 12.6. The number of tetrazole rings is 1. The fourth-order valence-corrected chi connectivity index (χ4v) is 3.25. The molecule has 0 saturated carbocycles. The molecule has 1 atom stereocenters. The Labute approximate surface area is 137 Å². The zero-order chi connectivity index (χ0) is 16.7. The first-order chi connectivity index (χ1) is 11.6. The fourth-order valence-electron chi connectivity index (χ4n) is 3.25. The first kappa shape index (κ1) is 14.6. The molecular weight excluding hydrogens is 308 g/mol. The molecule has 4 rings (SSSR count). The number of amides is 1. The van der Waals surface area contributed by atoms with Crippen molar-refractivity contribution in [3.63, 3.8) is 0 Å². The second kappa shape index (κ2) is 5.59. The standard InChI is InChI=1S/C15H18N8O/c1-9-4-2-5-10-13(9)18-14(17-10)11-6-3-7-22(11)12(24)8-23-15(16)19-20-21-23/h2,4-5,11H,3,6-8H2,1H3,(H,17,18)(H2,16,19,21). The predicted octanol–water partition coefficient (Wildman–Crippen LogP) is 0.804. The number of benzene rings is 1. The number of H-pyrrole nitrogens is 1. The van der Waals surface area contributed by atoms with Crippen molar-refractivity contribution in [1.29, 1.82) is 0 Å². The van der Waals surface area contributed by atoms with Gasteiger partial charge in [-0.1, -0.05) is 17.2 Å². The van der Waals surface area contributed by atoms with E-state index in [0.29, 0.717) is 6.54 Å². The van der Waals surface area contributed by atoms with E-state index in [-0.39, 0.29) is 24.4 Å². The van der Waals surface area contributed by atoms with Crippen molar-refractivity contribution < 1.29 is 4.79 Å². The number of para-hydroxylation sites is 1. The summed E-state index contributed by atoms with van der Waals surface area (Å²) < 4.78 is 1.31. The minimum Gasteiger partial charge on any atom is -0.367 e. The largest absolute Gasteiger partial charge is 0.367 e. The number of nitrogens with two attached hydrogens (primary N) is 1. The van der Waals surface area contributed by atoms with Crippen molar-refractivity contribution in [2.45, 2.75) is 32.4 Å². The van der Waals surface area contributed by atoms with E-state index in [9.17, 15) is 4.79 Å². The Morgan fingerprint density at radius 3 is 3.08 bits per heavy atom. The number of hydrogen-bond donors (Lipinski definition) is 2. The number of hydrogen-bond acceptors (Lipinski definition) is 6. The van der Waals surface area contributed by atoms with Gasteiger partial charge in [0, 0.05) is 6.54 Å². The Balaban J connectivity index is 1.60. The highest BCUT2D eigenvalue weighted by Gasteiger charge is 2.32. The van der Waals surface area contributed by atoms with E-state index in [2.05, 4.69) is 20.5 Å². The summed E-state index contributed by atoms with van der Waals surface area (Å²) in [5.74, 6) is 0.905. The summed E-state index contributed by atoms with van der Waals surface area (Å²) in [5.41, 5.74) is 8.71. The summed E-state index contributed by atoms with van der Waals surface area (Å²) in [7, 11) is 0. The van der Waals surface area contributed by atoms with Crippen molar-refractivity contribution >= 4 is 22.9 Å². The van der Waals surface area contributed by atoms with Crippen LogP contribution in [0, 0.1) is 6.92 Å². The van der Waals surface area contributed by atoms with Crippen LogP contribution in [0.2, 0.25) is 0 Å². The summed E-state index contributed by atoms with van der Waals surface area (Å²) in [5, 5.41) is 10.8. The summed E-state index contributed by atoms with van der Waals surface area (Å²) in [6, 6.07) is 5.98. The van der Waals surface area contributed by atoms with E-state index in [1.165, 1.54) is 4.68 Å². The Morgan fingerprint density at radius 1 is 1.46 bits per heavy atom. The normalized spacial score (nSPS) is 17.7. The van der Waals surface area contributed by atoms with Crippen LogP contribution >= 0.6 is 0 Å².